The molecule has 2 N–H and O–H groups in total. The number of piperidine rings is 1. The first-order valence-corrected chi connectivity index (χ1v) is 10.3. The Labute approximate surface area is 167 Å². The summed E-state index contributed by atoms with van der Waals surface area (Å²) in [5.74, 6) is -0.0592. The summed E-state index contributed by atoms with van der Waals surface area (Å²) in [5.41, 5.74) is 6.26. The Morgan fingerprint density at radius 3 is 2.57 bits per heavy atom. The van der Waals surface area contributed by atoms with Gasteiger partial charge in [0.1, 0.15) is 0 Å². The van der Waals surface area contributed by atoms with Crippen LogP contribution in [-0.4, -0.2) is 44.5 Å². The van der Waals surface area contributed by atoms with Gasteiger partial charge >= 0.3 is 0 Å². The summed E-state index contributed by atoms with van der Waals surface area (Å²) < 4.78 is 0. The number of fused-ring (bicyclic) bond motifs is 1. The minimum atomic E-state index is -0.0592. The van der Waals surface area contributed by atoms with Crippen LogP contribution in [-0.2, 0) is 13.0 Å². The lowest BCUT2D eigenvalue weighted by Gasteiger charge is -2.29. The Morgan fingerprint density at radius 2 is 1.79 bits per heavy atom. The topological polar surface area (TPSA) is 47.6 Å². The maximum Gasteiger partial charge on any atom is 0.257 e. The van der Waals surface area contributed by atoms with Crippen LogP contribution >= 0.6 is 0 Å². The molecule has 0 atom stereocenters. The first kappa shape index (κ1) is 18.8. The van der Waals surface area contributed by atoms with Gasteiger partial charge in [-0.15, -0.1) is 0 Å². The zero-order valence-corrected chi connectivity index (χ0v) is 16.9. The lowest BCUT2D eigenvalue weighted by Crippen LogP contribution is -2.29. The Balaban J connectivity index is 1.55. The van der Waals surface area contributed by atoms with Crippen molar-refractivity contribution in [2.45, 2.75) is 32.2 Å². The SMILES string of the molecule is CNc1ccc(N2CCCCC2)cc1C(=O)Nc1ccc2c(c1)CCN(C)C2. The number of amides is 1. The van der Waals surface area contributed by atoms with Crippen LogP contribution in [0.5, 0.6) is 0 Å². The van der Waals surface area contributed by atoms with E-state index in [-0.39, 0.29) is 5.91 Å². The molecule has 0 aliphatic carbocycles. The monoisotopic (exact) mass is 378 g/mol. The summed E-state index contributed by atoms with van der Waals surface area (Å²) in [6.45, 7) is 4.18. The van der Waals surface area contributed by atoms with E-state index in [2.05, 4.69) is 45.7 Å². The molecule has 0 radical (unpaired) electrons. The molecule has 1 amide bonds. The van der Waals surface area contributed by atoms with E-state index in [1.165, 1.54) is 30.4 Å². The molecule has 5 heteroatoms. The number of anilines is 3. The highest BCUT2D eigenvalue weighted by Gasteiger charge is 2.18. The van der Waals surface area contributed by atoms with Crippen LogP contribution in [0.15, 0.2) is 36.4 Å². The van der Waals surface area contributed by atoms with Gasteiger partial charge in [-0.05, 0) is 74.2 Å². The fourth-order valence-electron chi connectivity index (χ4n) is 4.26. The van der Waals surface area contributed by atoms with Crippen LogP contribution in [0.1, 0.15) is 40.7 Å². The molecule has 1 saturated heterocycles. The second-order valence-electron chi connectivity index (χ2n) is 7.95. The third-order valence-electron chi connectivity index (χ3n) is 5.91. The normalized spacial score (nSPS) is 17.1. The van der Waals surface area contributed by atoms with Gasteiger partial charge in [-0.2, -0.15) is 0 Å². The van der Waals surface area contributed by atoms with Crippen molar-refractivity contribution in [2.24, 2.45) is 0 Å². The Bertz CT molecular complexity index is 858. The van der Waals surface area contributed by atoms with E-state index in [0.717, 1.165) is 49.7 Å². The Hall–Kier alpha value is -2.53. The molecule has 28 heavy (non-hydrogen) atoms. The molecule has 2 aliphatic heterocycles. The number of carbonyl (C=O) groups is 1. The fourth-order valence-corrected chi connectivity index (χ4v) is 4.26. The third-order valence-corrected chi connectivity index (χ3v) is 5.91. The van der Waals surface area contributed by atoms with E-state index in [0.29, 0.717) is 5.56 Å². The van der Waals surface area contributed by atoms with E-state index in [1.54, 1.807) is 0 Å². The van der Waals surface area contributed by atoms with Crippen molar-refractivity contribution in [1.29, 1.82) is 0 Å². The van der Waals surface area contributed by atoms with Crippen LogP contribution in [0.4, 0.5) is 17.1 Å². The van der Waals surface area contributed by atoms with Gasteiger partial charge in [0.05, 0.1) is 5.56 Å². The molecule has 2 aromatic carbocycles. The maximum absolute atomic E-state index is 13.1. The van der Waals surface area contributed by atoms with Gasteiger partial charge in [-0.3, -0.25) is 4.79 Å². The van der Waals surface area contributed by atoms with Gasteiger partial charge < -0.3 is 20.4 Å². The molecule has 0 bridgehead atoms. The molecule has 1 fully saturated rings. The average molecular weight is 379 g/mol. The highest BCUT2D eigenvalue weighted by molar-refractivity contribution is 6.08. The van der Waals surface area contributed by atoms with Gasteiger partial charge in [0.15, 0.2) is 0 Å². The van der Waals surface area contributed by atoms with Crippen LogP contribution in [0.2, 0.25) is 0 Å². The highest BCUT2D eigenvalue weighted by atomic mass is 16.1. The number of nitrogens with zero attached hydrogens (tertiary/aromatic N) is 2. The van der Waals surface area contributed by atoms with E-state index < -0.39 is 0 Å². The van der Waals surface area contributed by atoms with E-state index in [1.807, 2.05) is 25.2 Å². The summed E-state index contributed by atoms with van der Waals surface area (Å²) in [6.07, 6.45) is 4.77. The number of rotatable bonds is 4. The van der Waals surface area contributed by atoms with Crippen molar-refractivity contribution in [3.8, 4) is 0 Å². The van der Waals surface area contributed by atoms with Crippen molar-refractivity contribution >= 4 is 23.0 Å². The van der Waals surface area contributed by atoms with E-state index >= 15 is 0 Å². The van der Waals surface area contributed by atoms with Crippen LogP contribution in [0.25, 0.3) is 0 Å². The Morgan fingerprint density at radius 1 is 0.964 bits per heavy atom. The molecular formula is C23H30N4O. The molecular weight excluding hydrogens is 348 g/mol. The quantitative estimate of drug-likeness (QED) is 0.845. The van der Waals surface area contributed by atoms with Crippen LogP contribution in [0.3, 0.4) is 0 Å². The van der Waals surface area contributed by atoms with Crippen LogP contribution < -0.4 is 15.5 Å². The predicted molar refractivity (Wildman–Crippen MR) is 116 cm³/mol. The molecule has 4 rings (SSSR count). The molecule has 0 unspecified atom stereocenters. The summed E-state index contributed by atoms with van der Waals surface area (Å²) in [7, 11) is 4.01. The Kier molecular flexibility index (Phi) is 5.53. The van der Waals surface area contributed by atoms with Gasteiger partial charge in [-0.1, -0.05) is 6.07 Å². The number of likely N-dealkylation sites (N-methyl/N-ethyl adjacent to an activating group) is 1. The summed E-state index contributed by atoms with van der Waals surface area (Å²) >= 11 is 0. The highest BCUT2D eigenvalue weighted by Crippen LogP contribution is 2.27. The molecule has 148 valence electrons. The van der Waals surface area contributed by atoms with Gasteiger partial charge in [-0.25, -0.2) is 0 Å². The van der Waals surface area contributed by atoms with Crippen molar-refractivity contribution in [1.82, 2.24) is 4.90 Å². The predicted octanol–water partition coefficient (Wildman–Crippen LogP) is 3.96. The van der Waals surface area contributed by atoms with E-state index in [9.17, 15) is 4.79 Å². The lowest BCUT2D eigenvalue weighted by atomic mass is 9.99. The second kappa shape index (κ2) is 8.23. The summed E-state index contributed by atoms with van der Waals surface area (Å²) in [4.78, 5) is 17.8. The van der Waals surface area contributed by atoms with Crippen molar-refractivity contribution in [2.75, 3.05) is 49.3 Å². The van der Waals surface area contributed by atoms with Crippen LogP contribution in [0, 0.1) is 0 Å². The third kappa shape index (κ3) is 3.99. The zero-order valence-electron chi connectivity index (χ0n) is 16.9. The van der Waals surface area contributed by atoms with Crippen molar-refractivity contribution < 1.29 is 4.79 Å². The summed E-state index contributed by atoms with van der Waals surface area (Å²) in [5, 5.41) is 6.28. The number of hydrogen-bond acceptors (Lipinski definition) is 4. The average Bonchev–Trinajstić information content (AvgIpc) is 2.74. The molecule has 2 aliphatic rings. The fraction of sp³-hybridized carbons (Fsp3) is 0.435. The zero-order chi connectivity index (χ0) is 19.5. The first-order valence-electron chi connectivity index (χ1n) is 10.3. The molecule has 0 aromatic heterocycles. The number of benzene rings is 2. The molecule has 2 aromatic rings. The molecule has 2 heterocycles. The second-order valence-corrected chi connectivity index (χ2v) is 7.95. The van der Waals surface area contributed by atoms with Crippen molar-refractivity contribution in [3.63, 3.8) is 0 Å². The van der Waals surface area contributed by atoms with Gasteiger partial charge in [0, 0.05) is 50.3 Å². The molecule has 5 nitrogen and oxygen atoms in total. The number of nitrogens with one attached hydrogen (secondary N) is 2. The lowest BCUT2D eigenvalue weighted by molar-refractivity contribution is 0.102. The molecule has 0 spiro atoms. The smallest absolute Gasteiger partial charge is 0.257 e. The summed E-state index contributed by atoms with van der Waals surface area (Å²) in [6, 6.07) is 12.5. The number of carbonyl (C=O) groups excluding carboxylic acids is 1. The standard InChI is InChI=1S/C23H30N4O/c1-24-22-9-8-20(27-11-4-3-5-12-27)15-21(22)23(28)25-19-7-6-18-16-26(2)13-10-17(18)14-19/h6-9,14-15,24H,3-5,10-13,16H2,1-2H3,(H,25,28). The van der Waals surface area contributed by atoms with Gasteiger partial charge in [0.25, 0.3) is 5.91 Å². The van der Waals surface area contributed by atoms with E-state index in [4.69, 9.17) is 0 Å². The molecule has 0 saturated carbocycles. The largest absolute Gasteiger partial charge is 0.387 e. The minimum Gasteiger partial charge on any atom is -0.387 e. The van der Waals surface area contributed by atoms with Gasteiger partial charge in [0.2, 0.25) is 0 Å². The maximum atomic E-state index is 13.1. The first-order chi connectivity index (χ1) is 13.6. The number of hydrogen-bond donors (Lipinski definition) is 2. The van der Waals surface area contributed by atoms with Crippen molar-refractivity contribution in [3.05, 3.63) is 53.1 Å². The minimum absolute atomic E-state index is 0.0592.